The first-order chi connectivity index (χ1) is 14.9. The number of hydrogen-bond donors (Lipinski definition) is 1. The fourth-order valence-electron chi connectivity index (χ4n) is 3.92. The topological polar surface area (TPSA) is 104 Å². The average Bonchev–Trinajstić information content (AvgIpc) is 3.36. The summed E-state index contributed by atoms with van der Waals surface area (Å²) in [5.74, 6) is -1.03. The number of likely N-dealkylation sites (tertiary alicyclic amines) is 1. The van der Waals surface area contributed by atoms with Gasteiger partial charge in [0.1, 0.15) is 4.90 Å². The Kier molecular flexibility index (Phi) is 5.77. The molecule has 4 rings (SSSR count). The number of benzene rings is 2. The standard InChI is InChI=1S/C22H23N3O5S/c26-20(23-18-10-3-1-8-16(18)21(27)24-13-5-6-14-24)12-7-15-25-22(28)17-9-2-4-11-19(17)31(25,29)30/h1-4,8-11H,5-7,12-15H2,(H,23,26). The van der Waals surface area contributed by atoms with E-state index >= 15 is 0 Å². The van der Waals surface area contributed by atoms with E-state index in [0.717, 1.165) is 17.1 Å². The summed E-state index contributed by atoms with van der Waals surface area (Å²) in [7, 11) is -3.88. The lowest BCUT2D eigenvalue weighted by molar-refractivity contribution is -0.116. The molecule has 8 nitrogen and oxygen atoms in total. The monoisotopic (exact) mass is 441 g/mol. The van der Waals surface area contributed by atoms with Crippen molar-refractivity contribution in [2.75, 3.05) is 25.0 Å². The molecule has 2 aliphatic rings. The number of amides is 3. The molecule has 1 N–H and O–H groups in total. The second-order valence-electron chi connectivity index (χ2n) is 7.58. The van der Waals surface area contributed by atoms with Gasteiger partial charge in [-0.1, -0.05) is 24.3 Å². The molecular formula is C22H23N3O5S. The third-order valence-corrected chi connectivity index (χ3v) is 7.34. The highest BCUT2D eigenvalue weighted by Crippen LogP contribution is 2.30. The lowest BCUT2D eigenvalue weighted by atomic mass is 10.1. The van der Waals surface area contributed by atoms with Crippen molar-refractivity contribution in [3.8, 4) is 0 Å². The maximum absolute atomic E-state index is 12.7. The molecular weight excluding hydrogens is 418 g/mol. The van der Waals surface area contributed by atoms with Crippen LogP contribution in [0.4, 0.5) is 5.69 Å². The van der Waals surface area contributed by atoms with Crippen LogP contribution in [-0.2, 0) is 14.8 Å². The summed E-state index contributed by atoms with van der Waals surface area (Å²) in [6.45, 7) is 1.33. The molecule has 1 fully saturated rings. The summed E-state index contributed by atoms with van der Waals surface area (Å²) in [5.41, 5.74) is 1.02. The molecule has 0 aliphatic carbocycles. The zero-order valence-corrected chi connectivity index (χ0v) is 17.7. The van der Waals surface area contributed by atoms with Gasteiger partial charge < -0.3 is 10.2 Å². The first-order valence-corrected chi connectivity index (χ1v) is 11.7. The summed E-state index contributed by atoms with van der Waals surface area (Å²) in [6, 6.07) is 12.9. The average molecular weight is 442 g/mol. The molecule has 31 heavy (non-hydrogen) atoms. The van der Waals surface area contributed by atoms with E-state index in [2.05, 4.69) is 5.32 Å². The first-order valence-electron chi connectivity index (χ1n) is 10.2. The maximum atomic E-state index is 12.7. The van der Waals surface area contributed by atoms with Crippen LogP contribution in [0.5, 0.6) is 0 Å². The first kappa shape index (κ1) is 21.0. The number of fused-ring (bicyclic) bond motifs is 1. The van der Waals surface area contributed by atoms with Crippen molar-refractivity contribution in [2.24, 2.45) is 0 Å². The summed E-state index contributed by atoms with van der Waals surface area (Å²) in [5, 5.41) is 2.75. The number of nitrogens with zero attached hydrogens (tertiary/aromatic N) is 2. The van der Waals surface area contributed by atoms with Crippen molar-refractivity contribution in [3.05, 3.63) is 59.7 Å². The van der Waals surface area contributed by atoms with Gasteiger partial charge in [-0.15, -0.1) is 0 Å². The van der Waals surface area contributed by atoms with E-state index in [9.17, 15) is 22.8 Å². The molecule has 0 radical (unpaired) electrons. The Bertz CT molecular complexity index is 1140. The number of carbonyl (C=O) groups is 3. The minimum Gasteiger partial charge on any atom is -0.339 e. The van der Waals surface area contributed by atoms with Gasteiger partial charge in [0.25, 0.3) is 21.8 Å². The molecule has 0 aromatic heterocycles. The molecule has 2 aromatic carbocycles. The van der Waals surface area contributed by atoms with E-state index in [4.69, 9.17) is 0 Å². The predicted molar refractivity (Wildman–Crippen MR) is 114 cm³/mol. The number of sulfonamides is 1. The van der Waals surface area contributed by atoms with E-state index < -0.39 is 15.9 Å². The number of rotatable bonds is 6. The highest BCUT2D eigenvalue weighted by atomic mass is 32.2. The normalized spacial score (nSPS) is 17.0. The number of hydrogen-bond acceptors (Lipinski definition) is 5. The Morgan fingerprint density at radius 2 is 1.65 bits per heavy atom. The molecule has 162 valence electrons. The largest absolute Gasteiger partial charge is 0.339 e. The molecule has 1 saturated heterocycles. The fraction of sp³-hybridized carbons (Fsp3) is 0.318. The molecule has 0 unspecified atom stereocenters. The maximum Gasteiger partial charge on any atom is 0.269 e. The zero-order chi connectivity index (χ0) is 22.0. The van der Waals surface area contributed by atoms with Crippen LogP contribution >= 0.6 is 0 Å². The van der Waals surface area contributed by atoms with Gasteiger partial charge in [0.2, 0.25) is 5.91 Å². The summed E-state index contributed by atoms with van der Waals surface area (Å²) < 4.78 is 26.0. The Balaban J connectivity index is 1.37. The lowest BCUT2D eigenvalue weighted by Gasteiger charge is -2.18. The Labute approximate surface area is 180 Å². The molecule has 9 heteroatoms. The van der Waals surface area contributed by atoms with E-state index in [1.165, 1.54) is 12.1 Å². The van der Waals surface area contributed by atoms with Gasteiger partial charge in [0, 0.05) is 26.1 Å². The van der Waals surface area contributed by atoms with Gasteiger partial charge >= 0.3 is 0 Å². The molecule has 0 atom stereocenters. The van der Waals surface area contributed by atoms with Crippen LogP contribution in [0.25, 0.3) is 0 Å². The van der Waals surface area contributed by atoms with Crippen LogP contribution < -0.4 is 5.32 Å². The molecule has 0 bridgehead atoms. The SMILES string of the molecule is O=C(CCCN1C(=O)c2ccccc2S1(=O)=O)Nc1ccccc1C(=O)N1CCCC1. The number of carbonyl (C=O) groups excluding carboxylic acids is 3. The van der Waals surface area contributed by atoms with Crippen LogP contribution in [0.15, 0.2) is 53.4 Å². The van der Waals surface area contributed by atoms with Gasteiger partial charge in [-0.3, -0.25) is 14.4 Å². The smallest absolute Gasteiger partial charge is 0.269 e. The summed E-state index contributed by atoms with van der Waals surface area (Å²) in [4.78, 5) is 39.4. The predicted octanol–water partition coefficient (Wildman–Crippen LogP) is 2.49. The Morgan fingerprint density at radius 3 is 2.39 bits per heavy atom. The molecule has 0 spiro atoms. The molecule has 2 aliphatic heterocycles. The van der Waals surface area contributed by atoms with Crippen molar-refractivity contribution in [3.63, 3.8) is 0 Å². The van der Waals surface area contributed by atoms with Gasteiger partial charge in [-0.25, -0.2) is 12.7 Å². The second kappa shape index (κ2) is 8.50. The van der Waals surface area contributed by atoms with E-state index in [-0.39, 0.29) is 41.7 Å². The Hall–Kier alpha value is -3.20. The minimum absolute atomic E-state index is 0.00111. The van der Waals surface area contributed by atoms with Gasteiger partial charge in [0.15, 0.2) is 0 Å². The molecule has 2 heterocycles. The van der Waals surface area contributed by atoms with Gasteiger partial charge in [-0.2, -0.15) is 0 Å². The van der Waals surface area contributed by atoms with Crippen LogP contribution in [0.2, 0.25) is 0 Å². The van der Waals surface area contributed by atoms with Crippen LogP contribution in [-0.4, -0.2) is 55.0 Å². The fourth-order valence-corrected chi connectivity index (χ4v) is 5.52. The highest BCUT2D eigenvalue weighted by Gasteiger charge is 2.40. The van der Waals surface area contributed by atoms with Crippen LogP contribution in [0, 0.1) is 0 Å². The van der Waals surface area contributed by atoms with E-state index in [1.807, 2.05) is 0 Å². The second-order valence-corrected chi connectivity index (χ2v) is 9.41. The van der Waals surface area contributed by atoms with Crippen molar-refractivity contribution < 1.29 is 22.8 Å². The molecule has 2 aromatic rings. The quantitative estimate of drug-likeness (QED) is 0.742. The zero-order valence-electron chi connectivity index (χ0n) is 16.9. The highest BCUT2D eigenvalue weighted by molar-refractivity contribution is 7.90. The van der Waals surface area contributed by atoms with E-state index in [0.29, 0.717) is 24.3 Å². The van der Waals surface area contributed by atoms with Crippen LogP contribution in [0.1, 0.15) is 46.4 Å². The summed E-state index contributed by atoms with van der Waals surface area (Å²) >= 11 is 0. The number of nitrogens with one attached hydrogen (secondary N) is 1. The van der Waals surface area contributed by atoms with Crippen molar-refractivity contribution >= 4 is 33.4 Å². The van der Waals surface area contributed by atoms with Crippen LogP contribution in [0.3, 0.4) is 0 Å². The Morgan fingerprint density at radius 1 is 0.968 bits per heavy atom. The van der Waals surface area contributed by atoms with Gasteiger partial charge in [0.05, 0.1) is 16.8 Å². The minimum atomic E-state index is -3.88. The number of anilines is 1. The van der Waals surface area contributed by atoms with Crippen molar-refractivity contribution in [1.29, 1.82) is 0 Å². The third kappa shape index (κ3) is 4.05. The van der Waals surface area contributed by atoms with Gasteiger partial charge in [-0.05, 0) is 43.5 Å². The number of para-hydroxylation sites is 1. The third-order valence-electron chi connectivity index (χ3n) is 5.50. The van der Waals surface area contributed by atoms with Crippen molar-refractivity contribution in [1.82, 2.24) is 9.21 Å². The van der Waals surface area contributed by atoms with E-state index in [1.54, 1.807) is 41.3 Å². The van der Waals surface area contributed by atoms with Crippen molar-refractivity contribution in [2.45, 2.75) is 30.6 Å². The molecule has 0 saturated carbocycles. The molecule has 3 amide bonds. The lowest BCUT2D eigenvalue weighted by Crippen LogP contribution is -2.31. The summed E-state index contributed by atoms with van der Waals surface area (Å²) in [6.07, 6.45) is 2.14.